The molecule has 0 amide bonds. The van der Waals surface area contributed by atoms with Crippen LogP contribution >= 0.6 is 11.3 Å². The maximum atomic E-state index is 5.03. The molecule has 0 atom stereocenters. The molecule has 1 aliphatic carbocycles. The van der Waals surface area contributed by atoms with Gasteiger partial charge in [-0.2, -0.15) is 0 Å². The van der Waals surface area contributed by atoms with Gasteiger partial charge in [-0.3, -0.25) is 0 Å². The molecule has 0 bridgehead atoms. The smallest absolute Gasteiger partial charge is 0.204 e. The lowest BCUT2D eigenvalue weighted by atomic mass is 10.0. The van der Waals surface area contributed by atoms with Gasteiger partial charge in [-0.15, -0.1) is 11.3 Å². The van der Waals surface area contributed by atoms with E-state index in [2.05, 4.69) is 74.9 Å². The number of benzene rings is 2. The molecule has 5 heteroatoms. The Morgan fingerprint density at radius 3 is 1.82 bits per heavy atom. The Labute approximate surface area is 254 Å². The number of aryl methyl sites for hydroxylation is 1. The van der Waals surface area contributed by atoms with Crippen molar-refractivity contribution >= 4 is 27.2 Å². The number of halogens is 1. The fraction of sp³-hybridized carbons (Fsp3) is 0.636. The van der Waals surface area contributed by atoms with Crippen molar-refractivity contribution in [3.63, 3.8) is 0 Å². The third kappa shape index (κ3) is 10.7. The number of hydrogen-bond acceptors (Lipinski definition) is 3. The summed E-state index contributed by atoms with van der Waals surface area (Å²) in [5, 5.41) is 1.35. The van der Waals surface area contributed by atoms with Gasteiger partial charge in [0.2, 0.25) is 5.36 Å². The quantitative estimate of drug-likeness (QED) is 0.0784. The minimum Gasteiger partial charge on any atom is -1.00 e. The van der Waals surface area contributed by atoms with Crippen molar-refractivity contribution in [3.05, 3.63) is 41.3 Å². The van der Waals surface area contributed by atoms with Crippen LogP contribution in [-0.2, 0) is 6.42 Å². The van der Waals surface area contributed by atoms with Crippen molar-refractivity contribution in [2.75, 3.05) is 33.1 Å². The van der Waals surface area contributed by atoms with Crippen LogP contribution in [0.4, 0.5) is 5.69 Å². The molecule has 0 aromatic heterocycles. The van der Waals surface area contributed by atoms with Crippen molar-refractivity contribution in [2.45, 2.75) is 110 Å². The number of aromatic nitrogens is 1. The highest BCUT2D eigenvalue weighted by molar-refractivity contribution is 7.21. The first-order valence-electron chi connectivity index (χ1n) is 15.0. The van der Waals surface area contributed by atoms with Crippen LogP contribution in [0.2, 0.25) is 0 Å². The summed E-state index contributed by atoms with van der Waals surface area (Å²) >= 11 is 1.86. The van der Waals surface area contributed by atoms with Crippen molar-refractivity contribution in [1.82, 2.24) is 9.56 Å². The van der Waals surface area contributed by atoms with E-state index in [-0.39, 0.29) is 24.0 Å². The Balaban J connectivity index is 0.00000507. The number of unbranched alkanes of at least 4 members (excludes halogenated alkanes) is 14. The van der Waals surface area contributed by atoms with Gasteiger partial charge < -0.3 is 28.9 Å². The number of fused-ring (bicyclic) bond motifs is 2. The predicted molar refractivity (Wildman–Crippen MR) is 166 cm³/mol. The maximum absolute atomic E-state index is 5.03. The van der Waals surface area contributed by atoms with Gasteiger partial charge >= 0.3 is 0 Å². The van der Waals surface area contributed by atoms with Crippen LogP contribution in [0.3, 0.4) is 0 Å². The highest BCUT2D eigenvalue weighted by atomic mass is 127. The third-order valence-corrected chi connectivity index (χ3v) is 8.71. The molecular formula is C33H52IN3S. The second-order valence-corrected chi connectivity index (χ2v) is 12.4. The van der Waals surface area contributed by atoms with Gasteiger partial charge in [0.05, 0.1) is 20.8 Å². The van der Waals surface area contributed by atoms with Crippen LogP contribution in [0.1, 0.15) is 109 Å². The van der Waals surface area contributed by atoms with E-state index < -0.39 is 0 Å². The molecule has 212 valence electrons. The van der Waals surface area contributed by atoms with E-state index >= 15 is 0 Å². The predicted octanol–water partition coefficient (Wildman–Crippen LogP) is 5.92. The zero-order valence-electron chi connectivity index (χ0n) is 24.8. The van der Waals surface area contributed by atoms with E-state index in [1.54, 1.807) is 0 Å². The normalized spacial score (nSPS) is 11.2. The zero-order chi connectivity index (χ0) is 26.5. The Morgan fingerprint density at radius 2 is 1.29 bits per heavy atom. The molecule has 3 nitrogen and oxygen atoms in total. The maximum Gasteiger partial charge on any atom is 0.204 e. The van der Waals surface area contributed by atoms with Gasteiger partial charge in [-0.05, 0) is 37.1 Å². The summed E-state index contributed by atoms with van der Waals surface area (Å²) in [5.74, 6) is 0. The second-order valence-electron chi connectivity index (χ2n) is 11.3. The summed E-state index contributed by atoms with van der Waals surface area (Å²) in [6.07, 6.45) is 22.3. The van der Waals surface area contributed by atoms with Crippen LogP contribution < -0.4 is 38.8 Å². The molecule has 0 N–H and O–H groups in total. The number of nitrogens with zero attached hydrogens (tertiary/aromatic N) is 3. The van der Waals surface area contributed by atoms with Crippen molar-refractivity contribution in [2.24, 2.45) is 0 Å². The molecule has 38 heavy (non-hydrogen) atoms. The summed E-state index contributed by atoms with van der Waals surface area (Å²) < 4.78 is 3.52. The van der Waals surface area contributed by atoms with Gasteiger partial charge in [-0.1, -0.05) is 96.8 Å². The molecule has 1 aromatic rings. The van der Waals surface area contributed by atoms with E-state index in [4.69, 9.17) is 4.98 Å². The topological polar surface area (TPSA) is 19.1 Å². The number of anilines is 1. The fourth-order valence-corrected chi connectivity index (χ4v) is 6.29. The Hall–Kier alpha value is -1.21. The van der Waals surface area contributed by atoms with Crippen LogP contribution in [-0.4, -0.2) is 33.2 Å². The first kappa shape index (κ1) is 33.0. The lowest BCUT2D eigenvalue weighted by Crippen LogP contribution is -3.00. The lowest BCUT2D eigenvalue weighted by molar-refractivity contribution is -0.00000790. The molecule has 3 rings (SSSR count). The van der Waals surface area contributed by atoms with Crippen molar-refractivity contribution in [1.29, 1.82) is 0 Å². The molecule has 0 saturated carbocycles. The largest absolute Gasteiger partial charge is 1.00 e. The molecule has 0 fully saturated rings. The first-order chi connectivity index (χ1) is 18.0. The average Bonchev–Trinajstić information content (AvgIpc) is 2.88. The van der Waals surface area contributed by atoms with Gasteiger partial charge in [0.1, 0.15) is 14.1 Å². The molecule has 0 radical (unpaired) electrons. The van der Waals surface area contributed by atoms with E-state index in [0.29, 0.717) is 0 Å². The van der Waals surface area contributed by atoms with Gasteiger partial charge in [0, 0.05) is 31.4 Å². The van der Waals surface area contributed by atoms with Crippen molar-refractivity contribution < 1.29 is 24.0 Å². The zero-order valence-corrected chi connectivity index (χ0v) is 27.8. The molecule has 1 aromatic carbocycles. The van der Waals surface area contributed by atoms with E-state index in [1.165, 1.54) is 122 Å². The standard InChI is InChI=1S/C33H52N3S.HI/c1-6-7-8-9-10-11-12-13-14-15-16-17-18-19-20-21-27-24-30-33(26-31(27)36(4)5)37-32-25-28(35(2)3)22-23-29(32)34-30;/h22-26H,6-21H2,1-5H3;1H/q+1;/p-1. The Kier molecular flexibility index (Phi) is 15.8. The molecule has 0 unspecified atom stereocenters. The van der Waals surface area contributed by atoms with Gasteiger partial charge in [-0.25, -0.2) is 9.56 Å². The summed E-state index contributed by atoms with van der Waals surface area (Å²) in [6, 6.07) is 11.3. The van der Waals surface area contributed by atoms with Crippen LogP contribution in [0.5, 0.6) is 0 Å². The highest BCUT2D eigenvalue weighted by Crippen LogP contribution is 2.32. The summed E-state index contributed by atoms with van der Waals surface area (Å²) in [5.41, 5.74) is 4.90. The van der Waals surface area contributed by atoms with Crippen LogP contribution in [0.25, 0.3) is 20.8 Å². The number of hydrogen-bond donors (Lipinski definition) is 0. The third-order valence-electron chi connectivity index (χ3n) is 7.61. The van der Waals surface area contributed by atoms with Crippen molar-refractivity contribution in [3.8, 4) is 10.6 Å². The van der Waals surface area contributed by atoms with E-state index in [9.17, 15) is 0 Å². The molecule has 1 heterocycles. The number of rotatable bonds is 17. The minimum absolute atomic E-state index is 0. The van der Waals surface area contributed by atoms with Crippen LogP contribution in [0.15, 0.2) is 30.3 Å². The SMILES string of the molecule is CCCCCCCCCCCCCCCCCc1cc2nc3ccc(N(C)C)cc3sc-2cc1=[N+](C)C.[I-]. The molecule has 0 saturated heterocycles. The lowest BCUT2D eigenvalue weighted by Gasteiger charge is -2.14. The first-order valence-corrected chi connectivity index (χ1v) is 15.9. The molecular weight excluding hydrogens is 597 g/mol. The monoisotopic (exact) mass is 649 g/mol. The summed E-state index contributed by atoms with van der Waals surface area (Å²) in [7, 11) is 8.52. The van der Waals surface area contributed by atoms with E-state index in [1.807, 2.05) is 11.3 Å². The molecule has 2 aliphatic rings. The van der Waals surface area contributed by atoms with Gasteiger partial charge in [0.15, 0.2) is 0 Å². The Morgan fingerprint density at radius 1 is 0.737 bits per heavy atom. The Bertz CT molecular complexity index is 1120. The average molecular weight is 650 g/mol. The second kappa shape index (κ2) is 18.2. The van der Waals surface area contributed by atoms with E-state index in [0.717, 1.165) is 17.6 Å². The summed E-state index contributed by atoms with van der Waals surface area (Å²) in [6.45, 7) is 2.30. The van der Waals surface area contributed by atoms with Gasteiger partial charge in [0.25, 0.3) is 0 Å². The summed E-state index contributed by atoms with van der Waals surface area (Å²) in [4.78, 5) is 8.46. The van der Waals surface area contributed by atoms with Crippen LogP contribution in [0, 0.1) is 0 Å². The highest BCUT2D eigenvalue weighted by Gasteiger charge is 2.14. The fourth-order valence-electron chi connectivity index (χ4n) is 5.28. The minimum atomic E-state index is 0. The molecule has 0 spiro atoms. The molecule has 1 aliphatic heterocycles.